The molecule has 36 fully saturated rings. The predicted molar refractivity (Wildman–Crippen MR) is 624 cm³/mol. The summed E-state index contributed by atoms with van der Waals surface area (Å²) in [7, 11) is 0. The van der Waals surface area contributed by atoms with E-state index in [1.165, 1.54) is 179 Å². The predicted octanol–water partition coefficient (Wildman–Crippen LogP) is 47.3. The molecule has 0 aromatic rings. The van der Waals surface area contributed by atoms with E-state index >= 15 is 0 Å². The van der Waals surface area contributed by atoms with Crippen molar-refractivity contribution < 1.29 is 0 Å². The van der Waals surface area contributed by atoms with Crippen LogP contribution in [0.15, 0.2) is 0 Å². The van der Waals surface area contributed by atoms with Crippen LogP contribution in [0.3, 0.4) is 0 Å². The third kappa shape index (κ3) is 41.8. The Labute approximate surface area is 879 Å². The van der Waals surface area contributed by atoms with Gasteiger partial charge in [0.25, 0.3) is 0 Å². The summed E-state index contributed by atoms with van der Waals surface area (Å²) < 4.78 is 0. The highest BCUT2D eigenvalue weighted by Crippen LogP contribution is 2.62. The Morgan fingerprint density at radius 2 is 0.295 bits per heavy atom. The van der Waals surface area contributed by atoms with Crippen LogP contribution in [0.25, 0.3) is 0 Å². The minimum absolute atomic E-state index is 0.779. The van der Waals surface area contributed by atoms with Crippen molar-refractivity contribution in [1.82, 2.24) is 0 Å². The van der Waals surface area contributed by atoms with Gasteiger partial charge < -0.3 is 0 Å². The zero-order chi connectivity index (χ0) is 100. The summed E-state index contributed by atoms with van der Waals surface area (Å²) in [6, 6.07) is 0. The molecule has 0 heterocycles. The molecule has 0 aliphatic heterocycles. The Bertz CT molecular complexity index is 2440. The summed E-state index contributed by atoms with van der Waals surface area (Å²) in [5.74, 6) is 39.3. The zero-order valence-electron chi connectivity index (χ0n) is 100. The molecule has 2 atom stereocenters. The molecule has 2 unspecified atom stereocenters. The van der Waals surface area contributed by atoms with E-state index in [2.05, 4.69) is 27.7 Å². The molecule has 36 saturated carbocycles. The first-order valence-corrected chi connectivity index (χ1v) is 68.2. The molecule has 0 amide bonds. The first-order chi connectivity index (χ1) is 68.2. The van der Waals surface area contributed by atoms with Gasteiger partial charge in [0.05, 0.1) is 0 Å². The number of fused-ring (bicyclic) bond motifs is 19. The van der Waals surface area contributed by atoms with Crippen molar-refractivity contribution in [3.05, 3.63) is 0 Å². The van der Waals surface area contributed by atoms with Crippen LogP contribution in [0, 0.1) is 212 Å². The molecule has 0 nitrogen and oxygen atoms in total. The van der Waals surface area contributed by atoms with E-state index in [0.29, 0.717) is 0 Å². The third-order valence-electron chi connectivity index (χ3n) is 44.5. The van der Waals surface area contributed by atoms with E-state index in [0.717, 1.165) is 129 Å². The second-order valence-corrected chi connectivity index (χ2v) is 54.4. The molecule has 0 aromatic carbocycles. The largest absolute Gasteiger partial charge is 0.0683 e. The maximum Gasteiger partial charge on any atom is -0.0318 e. The highest BCUT2D eigenvalue weighted by Gasteiger charge is 2.50. The summed E-state index contributed by atoms with van der Waals surface area (Å²) in [6.45, 7) is 49.9. The van der Waals surface area contributed by atoms with E-state index in [4.69, 9.17) is 0 Å². The monoisotopic (exact) mass is 1930 g/mol. The summed E-state index contributed by atoms with van der Waals surface area (Å²) in [6.07, 6.45) is 124. The van der Waals surface area contributed by atoms with Crippen LogP contribution in [0.4, 0.5) is 0 Å². The molecule has 0 saturated heterocycles. The topological polar surface area (TPSA) is 0 Å². The van der Waals surface area contributed by atoms with Crippen molar-refractivity contribution in [2.24, 2.45) is 212 Å². The van der Waals surface area contributed by atoms with Crippen molar-refractivity contribution in [2.75, 3.05) is 0 Å². The minimum Gasteiger partial charge on any atom is -0.0683 e. The Hall–Kier alpha value is 0. The molecule has 0 heteroatoms. The Morgan fingerprint density at radius 3 is 0.460 bits per heavy atom. The van der Waals surface area contributed by atoms with Gasteiger partial charge >= 0.3 is 0 Å². The smallest absolute Gasteiger partial charge is 0.0318 e. The first kappa shape index (κ1) is 124. The Kier molecular flexibility index (Phi) is 62.1. The molecule has 36 aliphatic rings. The van der Waals surface area contributed by atoms with Crippen LogP contribution in [-0.4, -0.2) is 0 Å². The molecular weight excluding hydrogens is 1670 g/mol. The number of hydrogen-bond acceptors (Lipinski definition) is 0. The van der Waals surface area contributed by atoms with Gasteiger partial charge in [-0.3, -0.25) is 0 Å². The molecule has 820 valence electrons. The minimum atomic E-state index is 0.779. The van der Waals surface area contributed by atoms with Crippen molar-refractivity contribution in [1.29, 1.82) is 0 Å². The standard InChI is InChI=1S/2C11H18.C11H20.2C10H16.C10H18.3C9H16.C8H14.3C7H12.10C2H6/c1-11-5-8-2-9(6-11)4-10(3-8)7-11;1-7-10-3-8-2-9(5-10)6-11(7)4-8;1-2-9-6-10-4-3-5-11(7-9)8-10;2*1-7-2-9-4-8(1)5-10(3-7)6-9;1-10-6-2-4-9(8-10)5-3-7-10;3*1-3-8-5-2-6-9(4-1)7-8;1-2-8-5-3-7(1)4-6-8;2*1-2-7-4-3-6(1)5-7;1-2-6-4-7(3-1)5-6;10*1-2/h8-10H,2-7H2,1H3;7-11H,2-6H2,1H3;9-11H,2-8H2,1H3;2*7-10H,1-6H2;9H,2-8H2,1H3;3*8-9H,1-7H2;7-8H,1-6H2;3*6-7H,1-5H2;10*1-2H3. The molecule has 36 aliphatic carbocycles. The Balaban J connectivity index is 0.000000182. The fraction of sp³-hybridized carbons (Fsp3) is 1.00. The van der Waals surface area contributed by atoms with Gasteiger partial charge in [0.15, 0.2) is 0 Å². The van der Waals surface area contributed by atoms with Gasteiger partial charge in [-0.15, -0.1) is 0 Å². The molecule has 34 bridgehead atoms. The average molecular weight is 1940 g/mol. The molecule has 0 spiro atoms. The fourth-order valence-corrected chi connectivity index (χ4v) is 39.5. The number of hydrogen-bond donors (Lipinski definition) is 0. The second kappa shape index (κ2) is 69.5. The van der Waals surface area contributed by atoms with Gasteiger partial charge in [-0.1, -0.05) is 442 Å². The van der Waals surface area contributed by atoms with Gasteiger partial charge in [0.1, 0.15) is 0 Å². The SMILES string of the molecule is C1C2CC3CC1CC(C2)C3.C1C2CC3CC1CC(C2)C3.C1CC2CC(C1)C2.C1CC2CCC1C2.C1CC2CCC1C2.C1CC2CCC1CC2.C1CC2CCCC(C1)C2.C1CC2CCCC(C1)C2.C1CC2CCCC(C1)C2.CC.CC.CC.CC.CC.CC.CC.CC.CC.CC.CC12CC3CC(CC(C3)C1)C2.CC12CCCC(CCC1)C2.CC1C2CC3CC(C2)CC1C3.CCC1CC2CCCC(C1)C2. The van der Waals surface area contributed by atoms with Crippen molar-refractivity contribution in [3.63, 3.8) is 0 Å². The van der Waals surface area contributed by atoms with Gasteiger partial charge in [-0.05, 0) is 443 Å². The van der Waals surface area contributed by atoms with E-state index < -0.39 is 0 Å². The summed E-state index contributed by atoms with van der Waals surface area (Å²) >= 11 is 0. The quantitative estimate of drug-likeness (QED) is 0.245. The second-order valence-electron chi connectivity index (χ2n) is 54.4. The molecule has 36 rings (SSSR count). The van der Waals surface area contributed by atoms with Crippen molar-refractivity contribution in [2.45, 2.75) is 673 Å². The third-order valence-corrected chi connectivity index (χ3v) is 44.5. The normalized spacial score (nSPS) is 43.3. The van der Waals surface area contributed by atoms with E-state index in [-0.39, 0.29) is 0 Å². The molecule has 139 heavy (non-hydrogen) atoms. The summed E-state index contributed by atoms with van der Waals surface area (Å²) in [4.78, 5) is 0. The maximum absolute atomic E-state index is 2.54. The van der Waals surface area contributed by atoms with Crippen molar-refractivity contribution >= 4 is 0 Å². The molecular formula is C139H264. The lowest BCUT2D eigenvalue weighted by Crippen LogP contribution is -2.44. The summed E-state index contributed by atoms with van der Waals surface area (Å²) in [5.41, 5.74) is 1.58. The van der Waals surface area contributed by atoms with Crippen LogP contribution in [-0.2, 0) is 0 Å². The zero-order valence-corrected chi connectivity index (χ0v) is 100. The van der Waals surface area contributed by atoms with Crippen LogP contribution in [0.1, 0.15) is 673 Å². The van der Waals surface area contributed by atoms with Crippen LogP contribution in [0.5, 0.6) is 0 Å². The Morgan fingerprint density at radius 1 is 0.144 bits per heavy atom. The highest BCUT2D eigenvalue weighted by molar-refractivity contribution is 5.01. The molecule has 0 N–H and O–H groups in total. The highest BCUT2D eigenvalue weighted by atomic mass is 14.6. The van der Waals surface area contributed by atoms with E-state index in [1.807, 2.05) is 138 Å². The van der Waals surface area contributed by atoms with Crippen LogP contribution >= 0.6 is 0 Å². The lowest BCUT2D eigenvalue weighted by atomic mass is 9.50. The van der Waals surface area contributed by atoms with Crippen molar-refractivity contribution in [3.8, 4) is 0 Å². The number of rotatable bonds is 1. The van der Waals surface area contributed by atoms with Gasteiger partial charge in [-0.2, -0.15) is 0 Å². The average Bonchev–Trinajstić information content (AvgIpc) is 1.20. The van der Waals surface area contributed by atoms with Gasteiger partial charge in [-0.25, -0.2) is 0 Å². The molecule has 0 aromatic heterocycles. The lowest BCUT2D eigenvalue weighted by Gasteiger charge is -2.55. The first-order valence-electron chi connectivity index (χ1n) is 68.2. The summed E-state index contributed by atoms with van der Waals surface area (Å²) in [5, 5.41) is 0. The van der Waals surface area contributed by atoms with Crippen LogP contribution < -0.4 is 0 Å². The maximum atomic E-state index is 2.54. The fourth-order valence-electron chi connectivity index (χ4n) is 39.5. The molecule has 0 radical (unpaired) electrons. The van der Waals surface area contributed by atoms with E-state index in [9.17, 15) is 0 Å². The van der Waals surface area contributed by atoms with Gasteiger partial charge in [0.2, 0.25) is 0 Å². The van der Waals surface area contributed by atoms with Crippen LogP contribution in [0.2, 0.25) is 0 Å². The van der Waals surface area contributed by atoms with Gasteiger partial charge in [0, 0.05) is 0 Å². The lowest BCUT2D eigenvalue weighted by molar-refractivity contribution is -0.0411. The van der Waals surface area contributed by atoms with E-state index in [1.54, 1.807) is 411 Å².